The molecular weight excluding hydrogens is 294 g/mol. The lowest BCUT2D eigenvalue weighted by Crippen LogP contribution is -2.50. The number of likely N-dealkylation sites (tertiary alicyclic amines) is 1. The zero-order valence-electron chi connectivity index (χ0n) is 13.8. The van der Waals surface area contributed by atoms with Crippen LogP contribution in [0, 0.1) is 6.92 Å². The molecule has 1 amide bonds. The van der Waals surface area contributed by atoms with Gasteiger partial charge < -0.3 is 9.64 Å². The molecule has 3 heterocycles. The summed E-state index contributed by atoms with van der Waals surface area (Å²) in [7, 11) is 0. The molecule has 0 saturated carbocycles. The van der Waals surface area contributed by atoms with E-state index in [9.17, 15) is 4.79 Å². The van der Waals surface area contributed by atoms with Gasteiger partial charge in [0, 0.05) is 18.8 Å². The van der Waals surface area contributed by atoms with Gasteiger partial charge in [-0.1, -0.05) is 6.07 Å². The number of aryl methyl sites for hydroxylation is 1. The van der Waals surface area contributed by atoms with Gasteiger partial charge in [0.25, 0.3) is 0 Å². The standard InChI is InChI=1S/C16H21N5O2/c1-10-6-5-7-12(17-10)14-18-13(19-20-14)11-8-21(9-11)15(22)23-16(2,3)4/h5-7,11H,8-9H2,1-4H3,(H,18,19,20). The van der Waals surface area contributed by atoms with E-state index in [-0.39, 0.29) is 12.0 Å². The Morgan fingerprint density at radius 1 is 1.30 bits per heavy atom. The number of hydrogen-bond donors (Lipinski definition) is 1. The Labute approximate surface area is 135 Å². The molecule has 7 heteroatoms. The Bertz CT molecular complexity index is 713. The fourth-order valence-electron chi connectivity index (χ4n) is 2.37. The summed E-state index contributed by atoms with van der Waals surface area (Å²) in [5, 5.41) is 7.18. The minimum Gasteiger partial charge on any atom is -0.444 e. The highest BCUT2D eigenvalue weighted by molar-refractivity contribution is 5.69. The molecule has 1 saturated heterocycles. The molecule has 1 fully saturated rings. The van der Waals surface area contributed by atoms with Crippen molar-refractivity contribution in [3.63, 3.8) is 0 Å². The van der Waals surface area contributed by atoms with E-state index < -0.39 is 5.60 Å². The van der Waals surface area contributed by atoms with Crippen molar-refractivity contribution in [1.82, 2.24) is 25.1 Å². The summed E-state index contributed by atoms with van der Waals surface area (Å²) in [5.41, 5.74) is 1.20. The first kappa shape index (κ1) is 15.5. The van der Waals surface area contributed by atoms with Crippen molar-refractivity contribution in [2.75, 3.05) is 13.1 Å². The molecule has 0 aliphatic carbocycles. The van der Waals surface area contributed by atoms with Crippen LogP contribution in [0.1, 0.15) is 38.2 Å². The van der Waals surface area contributed by atoms with Crippen LogP contribution < -0.4 is 0 Å². The van der Waals surface area contributed by atoms with Crippen LogP contribution in [0.3, 0.4) is 0 Å². The minimum absolute atomic E-state index is 0.161. The van der Waals surface area contributed by atoms with Crippen molar-refractivity contribution in [1.29, 1.82) is 0 Å². The first-order chi connectivity index (χ1) is 10.8. The maximum Gasteiger partial charge on any atom is 0.410 e. The number of rotatable bonds is 2. The molecule has 1 aliphatic rings. The molecule has 0 radical (unpaired) electrons. The quantitative estimate of drug-likeness (QED) is 0.920. The summed E-state index contributed by atoms with van der Waals surface area (Å²) in [4.78, 5) is 22.5. The maximum atomic E-state index is 11.9. The monoisotopic (exact) mass is 315 g/mol. The second-order valence-electron chi connectivity index (χ2n) is 6.79. The van der Waals surface area contributed by atoms with Crippen molar-refractivity contribution >= 4 is 6.09 Å². The van der Waals surface area contributed by atoms with Crippen LogP contribution in [0.25, 0.3) is 11.5 Å². The van der Waals surface area contributed by atoms with E-state index in [1.165, 1.54) is 0 Å². The highest BCUT2D eigenvalue weighted by Crippen LogP contribution is 2.27. The number of amides is 1. The van der Waals surface area contributed by atoms with Crippen LogP contribution in [0.5, 0.6) is 0 Å². The number of ether oxygens (including phenoxy) is 1. The molecule has 7 nitrogen and oxygen atoms in total. The second-order valence-corrected chi connectivity index (χ2v) is 6.79. The van der Waals surface area contributed by atoms with Crippen molar-refractivity contribution in [2.24, 2.45) is 0 Å². The number of carbonyl (C=O) groups excluding carboxylic acids is 1. The predicted molar refractivity (Wildman–Crippen MR) is 84.9 cm³/mol. The minimum atomic E-state index is -0.474. The third-order valence-corrected chi connectivity index (χ3v) is 3.54. The highest BCUT2D eigenvalue weighted by atomic mass is 16.6. The third kappa shape index (κ3) is 3.49. The van der Waals surface area contributed by atoms with Gasteiger partial charge in [0.2, 0.25) is 0 Å². The first-order valence-electron chi connectivity index (χ1n) is 7.66. The number of carbonyl (C=O) groups is 1. The van der Waals surface area contributed by atoms with Gasteiger partial charge >= 0.3 is 6.09 Å². The topological polar surface area (TPSA) is 84.0 Å². The second kappa shape index (κ2) is 5.64. The van der Waals surface area contributed by atoms with E-state index in [4.69, 9.17) is 4.74 Å². The molecule has 2 aromatic rings. The fourth-order valence-corrected chi connectivity index (χ4v) is 2.37. The van der Waals surface area contributed by atoms with E-state index in [0.717, 1.165) is 17.2 Å². The number of H-pyrrole nitrogens is 1. The highest BCUT2D eigenvalue weighted by Gasteiger charge is 2.36. The number of hydrogen-bond acceptors (Lipinski definition) is 5. The zero-order valence-corrected chi connectivity index (χ0v) is 13.8. The summed E-state index contributed by atoms with van der Waals surface area (Å²) >= 11 is 0. The summed E-state index contributed by atoms with van der Waals surface area (Å²) in [6.45, 7) is 8.69. The van der Waals surface area contributed by atoms with Gasteiger partial charge in [-0.15, -0.1) is 0 Å². The van der Waals surface area contributed by atoms with Crippen LogP contribution in [0.2, 0.25) is 0 Å². The Balaban J connectivity index is 1.62. The van der Waals surface area contributed by atoms with Crippen molar-refractivity contribution in [3.8, 4) is 11.5 Å². The van der Waals surface area contributed by atoms with Crippen LogP contribution in [-0.4, -0.2) is 49.8 Å². The molecule has 2 aromatic heterocycles. The molecule has 3 rings (SSSR count). The normalized spacial score (nSPS) is 15.4. The van der Waals surface area contributed by atoms with Gasteiger partial charge in [0.15, 0.2) is 5.82 Å². The largest absolute Gasteiger partial charge is 0.444 e. The van der Waals surface area contributed by atoms with Gasteiger partial charge in [-0.3, -0.25) is 5.10 Å². The maximum absolute atomic E-state index is 11.9. The average Bonchev–Trinajstić information content (AvgIpc) is 2.84. The average molecular weight is 315 g/mol. The Kier molecular flexibility index (Phi) is 3.79. The van der Waals surface area contributed by atoms with E-state index >= 15 is 0 Å². The van der Waals surface area contributed by atoms with Crippen molar-refractivity contribution in [3.05, 3.63) is 29.7 Å². The van der Waals surface area contributed by atoms with Crippen LogP contribution in [-0.2, 0) is 4.74 Å². The van der Waals surface area contributed by atoms with Crippen LogP contribution in [0.15, 0.2) is 18.2 Å². The summed E-state index contributed by atoms with van der Waals surface area (Å²) in [6, 6.07) is 5.75. The molecule has 0 atom stereocenters. The van der Waals surface area contributed by atoms with Gasteiger partial charge in [-0.05, 0) is 39.8 Å². The molecule has 1 N–H and O–H groups in total. The number of pyridine rings is 1. The van der Waals surface area contributed by atoms with Crippen LogP contribution in [0.4, 0.5) is 4.79 Å². The number of nitrogens with one attached hydrogen (secondary N) is 1. The Hall–Kier alpha value is -2.44. The zero-order chi connectivity index (χ0) is 16.6. The summed E-state index contributed by atoms with van der Waals surface area (Å²) < 4.78 is 5.34. The SMILES string of the molecule is Cc1cccc(-c2n[nH]c(C3CN(C(=O)OC(C)(C)C)C3)n2)n1. The molecule has 23 heavy (non-hydrogen) atoms. The lowest BCUT2D eigenvalue weighted by molar-refractivity contribution is 0.00755. The molecule has 122 valence electrons. The lowest BCUT2D eigenvalue weighted by Gasteiger charge is -2.38. The van der Waals surface area contributed by atoms with Gasteiger partial charge in [0.05, 0.1) is 5.92 Å². The van der Waals surface area contributed by atoms with Gasteiger partial charge in [-0.25, -0.2) is 14.8 Å². The lowest BCUT2D eigenvalue weighted by atomic mass is 10.0. The van der Waals surface area contributed by atoms with E-state index in [0.29, 0.717) is 18.9 Å². The van der Waals surface area contributed by atoms with Crippen molar-refractivity contribution < 1.29 is 9.53 Å². The molecule has 1 aliphatic heterocycles. The fraction of sp³-hybridized carbons (Fsp3) is 0.500. The van der Waals surface area contributed by atoms with Crippen molar-refractivity contribution in [2.45, 2.75) is 39.2 Å². The van der Waals surface area contributed by atoms with Crippen LogP contribution >= 0.6 is 0 Å². The first-order valence-corrected chi connectivity index (χ1v) is 7.66. The molecule has 0 spiro atoms. The predicted octanol–water partition coefficient (Wildman–Crippen LogP) is 2.51. The Morgan fingerprint density at radius 2 is 2.04 bits per heavy atom. The molecular formula is C16H21N5O2. The molecule has 0 aromatic carbocycles. The smallest absolute Gasteiger partial charge is 0.410 e. The number of aromatic nitrogens is 4. The van der Waals surface area contributed by atoms with Gasteiger partial charge in [-0.2, -0.15) is 5.10 Å². The summed E-state index contributed by atoms with van der Waals surface area (Å²) in [5.74, 6) is 1.52. The van der Waals surface area contributed by atoms with E-state index in [1.54, 1.807) is 4.90 Å². The summed E-state index contributed by atoms with van der Waals surface area (Å²) in [6.07, 6.45) is -0.283. The number of aromatic amines is 1. The van der Waals surface area contributed by atoms with E-state index in [2.05, 4.69) is 20.2 Å². The Morgan fingerprint density at radius 3 is 2.70 bits per heavy atom. The number of nitrogens with zero attached hydrogens (tertiary/aromatic N) is 4. The molecule has 0 bridgehead atoms. The third-order valence-electron chi connectivity index (χ3n) is 3.54. The van der Waals surface area contributed by atoms with Gasteiger partial charge in [0.1, 0.15) is 17.1 Å². The molecule has 0 unspecified atom stereocenters. The van der Waals surface area contributed by atoms with E-state index in [1.807, 2.05) is 45.9 Å².